The SMILES string of the molecule is CCC(CN)C(=O)NCC1CC2CCC1C2. The predicted molar refractivity (Wildman–Crippen MR) is 64.8 cm³/mol. The molecule has 0 saturated heterocycles. The van der Waals surface area contributed by atoms with Gasteiger partial charge in [0.05, 0.1) is 0 Å². The minimum atomic E-state index is 0.0126. The first-order valence-electron chi connectivity index (χ1n) is 6.72. The molecule has 0 spiro atoms. The zero-order chi connectivity index (χ0) is 11.5. The molecule has 3 nitrogen and oxygen atoms in total. The summed E-state index contributed by atoms with van der Waals surface area (Å²) in [5.74, 6) is 2.77. The van der Waals surface area contributed by atoms with Crippen molar-refractivity contribution in [2.24, 2.45) is 29.4 Å². The van der Waals surface area contributed by atoms with Crippen LogP contribution >= 0.6 is 0 Å². The number of nitrogens with two attached hydrogens (primary N) is 1. The minimum absolute atomic E-state index is 0.0126. The smallest absolute Gasteiger partial charge is 0.224 e. The highest BCUT2D eigenvalue weighted by Crippen LogP contribution is 2.47. The van der Waals surface area contributed by atoms with Gasteiger partial charge in [-0.25, -0.2) is 0 Å². The van der Waals surface area contributed by atoms with Crippen molar-refractivity contribution >= 4 is 5.91 Å². The monoisotopic (exact) mass is 224 g/mol. The van der Waals surface area contributed by atoms with Crippen LogP contribution in [-0.4, -0.2) is 19.0 Å². The van der Waals surface area contributed by atoms with Crippen LogP contribution in [0.15, 0.2) is 0 Å². The molecule has 16 heavy (non-hydrogen) atoms. The lowest BCUT2D eigenvalue weighted by Gasteiger charge is -2.23. The Balaban J connectivity index is 1.73. The summed E-state index contributed by atoms with van der Waals surface area (Å²) in [5, 5.41) is 3.09. The summed E-state index contributed by atoms with van der Waals surface area (Å²) in [7, 11) is 0. The largest absolute Gasteiger partial charge is 0.356 e. The van der Waals surface area contributed by atoms with Gasteiger partial charge in [-0.05, 0) is 43.4 Å². The third-order valence-electron chi connectivity index (χ3n) is 4.57. The summed E-state index contributed by atoms with van der Waals surface area (Å²) in [6.45, 7) is 3.38. The second kappa shape index (κ2) is 5.17. The van der Waals surface area contributed by atoms with Gasteiger partial charge in [-0.2, -0.15) is 0 Å². The number of hydrogen-bond donors (Lipinski definition) is 2. The molecule has 3 heteroatoms. The van der Waals surface area contributed by atoms with Crippen molar-refractivity contribution in [2.75, 3.05) is 13.1 Å². The topological polar surface area (TPSA) is 55.1 Å². The summed E-state index contributed by atoms with van der Waals surface area (Å²) in [6, 6.07) is 0. The molecule has 3 N–H and O–H groups in total. The predicted octanol–water partition coefficient (Wildman–Crippen LogP) is 1.52. The van der Waals surface area contributed by atoms with Crippen LogP contribution in [0.3, 0.4) is 0 Å². The molecule has 2 aliphatic rings. The maximum Gasteiger partial charge on any atom is 0.224 e. The van der Waals surface area contributed by atoms with Gasteiger partial charge in [0.15, 0.2) is 0 Å². The third kappa shape index (κ3) is 2.40. The van der Waals surface area contributed by atoms with Gasteiger partial charge >= 0.3 is 0 Å². The Labute approximate surface area is 98.2 Å². The van der Waals surface area contributed by atoms with Crippen LogP contribution in [0.1, 0.15) is 39.0 Å². The minimum Gasteiger partial charge on any atom is -0.356 e. The second-order valence-corrected chi connectivity index (χ2v) is 5.52. The van der Waals surface area contributed by atoms with Gasteiger partial charge < -0.3 is 11.1 Å². The van der Waals surface area contributed by atoms with Crippen molar-refractivity contribution in [1.29, 1.82) is 0 Å². The number of fused-ring (bicyclic) bond motifs is 2. The van der Waals surface area contributed by atoms with Gasteiger partial charge in [-0.15, -0.1) is 0 Å². The number of hydrogen-bond acceptors (Lipinski definition) is 2. The van der Waals surface area contributed by atoms with E-state index in [9.17, 15) is 4.79 Å². The lowest BCUT2D eigenvalue weighted by atomic mass is 9.88. The number of carbonyl (C=O) groups excluding carboxylic acids is 1. The Morgan fingerprint density at radius 1 is 1.44 bits per heavy atom. The number of nitrogens with one attached hydrogen (secondary N) is 1. The standard InChI is InChI=1S/C13H24N2O/c1-2-10(7-14)13(16)15-8-12-6-9-3-4-11(12)5-9/h9-12H,2-8,14H2,1H3,(H,15,16). The Morgan fingerprint density at radius 2 is 2.25 bits per heavy atom. The molecular formula is C13H24N2O. The molecule has 0 aliphatic heterocycles. The molecule has 2 saturated carbocycles. The van der Waals surface area contributed by atoms with Crippen LogP contribution in [0.25, 0.3) is 0 Å². The van der Waals surface area contributed by atoms with Crippen molar-refractivity contribution in [1.82, 2.24) is 5.32 Å². The van der Waals surface area contributed by atoms with Crippen LogP contribution in [-0.2, 0) is 4.79 Å². The molecule has 0 radical (unpaired) electrons. The highest BCUT2D eigenvalue weighted by Gasteiger charge is 2.39. The van der Waals surface area contributed by atoms with E-state index < -0.39 is 0 Å². The van der Waals surface area contributed by atoms with Crippen molar-refractivity contribution in [3.63, 3.8) is 0 Å². The lowest BCUT2D eigenvalue weighted by molar-refractivity contribution is -0.125. The van der Waals surface area contributed by atoms with Crippen molar-refractivity contribution < 1.29 is 4.79 Å². The van der Waals surface area contributed by atoms with E-state index in [2.05, 4.69) is 5.32 Å². The third-order valence-corrected chi connectivity index (χ3v) is 4.57. The molecule has 0 aromatic carbocycles. The molecule has 0 heterocycles. The number of rotatable bonds is 5. The molecule has 92 valence electrons. The Morgan fingerprint density at radius 3 is 2.75 bits per heavy atom. The first-order chi connectivity index (χ1) is 7.74. The van der Waals surface area contributed by atoms with Gasteiger partial charge in [0.2, 0.25) is 5.91 Å². The van der Waals surface area contributed by atoms with Crippen LogP contribution in [0, 0.1) is 23.7 Å². The first kappa shape index (κ1) is 11.9. The molecular weight excluding hydrogens is 200 g/mol. The first-order valence-corrected chi connectivity index (χ1v) is 6.72. The lowest BCUT2D eigenvalue weighted by Crippen LogP contribution is -2.38. The fourth-order valence-electron chi connectivity index (χ4n) is 3.46. The highest BCUT2D eigenvalue weighted by molar-refractivity contribution is 5.78. The molecule has 1 amide bonds. The van der Waals surface area contributed by atoms with E-state index in [-0.39, 0.29) is 11.8 Å². The van der Waals surface area contributed by atoms with E-state index in [4.69, 9.17) is 5.73 Å². The van der Waals surface area contributed by atoms with E-state index in [1.165, 1.54) is 25.7 Å². The summed E-state index contributed by atoms with van der Waals surface area (Å²) in [4.78, 5) is 11.8. The fraction of sp³-hybridized carbons (Fsp3) is 0.923. The molecule has 4 unspecified atom stereocenters. The Kier molecular flexibility index (Phi) is 3.85. The van der Waals surface area contributed by atoms with Gasteiger partial charge in [-0.3, -0.25) is 4.79 Å². The normalized spacial score (nSPS) is 34.0. The maximum atomic E-state index is 11.8. The molecule has 2 rings (SSSR count). The number of amides is 1. The highest BCUT2D eigenvalue weighted by atomic mass is 16.1. The van der Waals surface area contributed by atoms with Gasteiger partial charge in [0, 0.05) is 19.0 Å². The molecule has 2 fully saturated rings. The van der Waals surface area contributed by atoms with Crippen LogP contribution in [0.2, 0.25) is 0 Å². The van der Waals surface area contributed by atoms with E-state index in [1.54, 1.807) is 0 Å². The van der Waals surface area contributed by atoms with Crippen LogP contribution in [0.5, 0.6) is 0 Å². The van der Waals surface area contributed by atoms with Gasteiger partial charge in [-0.1, -0.05) is 13.3 Å². The number of carbonyl (C=O) groups is 1. The maximum absolute atomic E-state index is 11.8. The zero-order valence-corrected chi connectivity index (χ0v) is 10.2. The van der Waals surface area contributed by atoms with Crippen molar-refractivity contribution in [2.45, 2.75) is 39.0 Å². The summed E-state index contributed by atoms with van der Waals surface area (Å²) in [6.07, 6.45) is 6.41. The molecule has 4 atom stereocenters. The molecule has 0 aromatic rings. The van der Waals surface area contributed by atoms with Crippen molar-refractivity contribution in [3.05, 3.63) is 0 Å². The summed E-state index contributed by atoms with van der Waals surface area (Å²) in [5.41, 5.74) is 5.57. The quantitative estimate of drug-likeness (QED) is 0.744. The molecule has 2 bridgehead atoms. The van der Waals surface area contributed by atoms with E-state index in [1.807, 2.05) is 6.92 Å². The summed E-state index contributed by atoms with van der Waals surface area (Å²) < 4.78 is 0. The fourth-order valence-corrected chi connectivity index (χ4v) is 3.46. The van der Waals surface area contributed by atoms with E-state index >= 15 is 0 Å². The Hall–Kier alpha value is -0.570. The second-order valence-electron chi connectivity index (χ2n) is 5.52. The Bertz CT molecular complexity index is 250. The van der Waals surface area contributed by atoms with E-state index in [0.29, 0.717) is 6.54 Å². The van der Waals surface area contributed by atoms with Crippen LogP contribution in [0.4, 0.5) is 0 Å². The average Bonchev–Trinajstić information content (AvgIpc) is 2.89. The van der Waals surface area contributed by atoms with Gasteiger partial charge in [0.25, 0.3) is 0 Å². The molecule has 2 aliphatic carbocycles. The molecule has 0 aromatic heterocycles. The summed E-state index contributed by atoms with van der Waals surface area (Å²) >= 11 is 0. The average molecular weight is 224 g/mol. The zero-order valence-electron chi connectivity index (χ0n) is 10.2. The van der Waals surface area contributed by atoms with Crippen molar-refractivity contribution in [3.8, 4) is 0 Å². The van der Waals surface area contributed by atoms with Crippen LogP contribution < -0.4 is 11.1 Å². The van der Waals surface area contributed by atoms with E-state index in [0.717, 1.165) is 30.7 Å². The van der Waals surface area contributed by atoms with Gasteiger partial charge in [0.1, 0.15) is 0 Å².